The van der Waals surface area contributed by atoms with Crippen molar-refractivity contribution in [3.8, 4) is 9.88 Å². The van der Waals surface area contributed by atoms with Crippen molar-refractivity contribution in [2.24, 2.45) is 11.1 Å². The highest BCUT2D eigenvalue weighted by Crippen LogP contribution is 2.36. The zero-order valence-corrected chi connectivity index (χ0v) is 17.1. The molecule has 0 spiro atoms. The van der Waals surface area contributed by atoms with Gasteiger partial charge in [-0.3, -0.25) is 9.59 Å². The second kappa shape index (κ2) is 7.94. The van der Waals surface area contributed by atoms with Crippen LogP contribution in [0, 0.1) is 5.41 Å². The first-order chi connectivity index (χ1) is 14.0. The summed E-state index contributed by atoms with van der Waals surface area (Å²) in [5.41, 5.74) is 6.33. The number of anilines is 2. The highest BCUT2D eigenvalue weighted by atomic mass is 32.1. The minimum atomic E-state index is -0.957. The molecule has 150 valence electrons. The Kier molecular flexibility index (Phi) is 5.35. The number of nitrogens with zero attached hydrogens (tertiary/aromatic N) is 2. The summed E-state index contributed by atoms with van der Waals surface area (Å²) in [6.45, 7) is 0.582. The quantitative estimate of drug-likeness (QED) is 0.559. The van der Waals surface area contributed by atoms with Gasteiger partial charge in [0, 0.05) is 18.5 Å². The molecule has 1 aliphatic rings. The Morgan fingerprint density at radius 2 is 2.07 bits per heavy atom. The molecule has 1 aromatic carbocycles. The van der Waals surface area contributed by atoms with Gasteiger partial charge < -0.3 is 21.1 Å². The molecular weight excluding hydrogens is 408 g/mol. The minimum absolute atomic E-state index is 0.293. The van der Waals surface area contributed by atoms with Crippen molar-refractivity contribution in [3.63, 3.8) is 0 Å². The Labute approximate surface area is 175 Å². The first-order valence-corrected chi connectivity index (χ1v) is 10.8. The predicted octanol–water partition coefficient (Wildman–Crippen LogP) is 2.80. The SMILES string of the molecule is NC(=O)C1(CO)CCN(c2ccccc2NC(=O)c2csc(-c3cccs3)n2)C1. The summed E-state index contributed by atoms with van der Waals surface area (Å²) in [6, 6.07) is 11.3. The Bertz CT molecular complexity index is 1030. The number of hydrogen-bond donors (Lipinski definition) is 3. The molecule has 1 atom stereocenters. The van der Waals surface area contributed by atoms with Crippen molar-refractivity contribution in [2.45, 2.75) is 6.42 Å². The molecule has 4 N–H and O–H groups in total. The highest BCUT2D eigenvalue weighted by molar-refractivity contribution is 7.20. The minimum Gasteiger partial charge on any atom is -0.395 e. The lowest BCUT2D eigenvalue weighted by molar-refractivity contribution is -0.128. The molecule has 9 heteroatoms. The van der Waals surface area contributed by atoms with E-state index in [1.165, 1.54) is 11.3 Å². The van der Waals surface area contributed by atoms with Crippen molar-refractivity contribution in [2.75, 3.05) is 29.9 Å². The molecule has 1 aliphatic heterocycles. The van der Waals surface area contributed by atoms with E-state index in [-0.39, 0.29) is 12.5 Å². The van der Waals surface area contributed by atoms with Gasteiger partial charge in [0.1, 0.15) is 10.7 Å². The third-order valence-electron chi connectivity index (χ3n) is 5.14. The van der Waals surface area contributed by atoms with E-state index in [1.54, 1.807) is 16.7 Å². The standard InChI is InChI=1S/C20H20N4O3S2/c21-19(27)20(12-25)7-8-24(11-20)15-5-2-1-4-13(15)22-17(26)14-10-29-18(23-14)16-6-3-9-28-16/h1-6,9-10,25H,7-8,11-12H2,(H2,21,27)(H,22,26). The van der Waals surface area contributed by atoms with Crippen LogP contribution in [-0.4, -0.2) is 41.6 Å². The molecule has 3 heterocycles. The lowest BCUT2D eigenvalue weighted by atomic mass is 9.87. The Hall–Kier alpha value is -2.75. The number of rotatable bonds is 6. The summed E-state index contributed by atoms with van der Waals surface area (Å²) in [6.07, 6.45) is 0.470. The Balaban J connectivity index is 1.53. The van der Waals surface area contributed by atoms with Gasteiger partial charge in [-0.2, -0.15) is 0 Å². The van der Waals surface area contributed by atoms with Crippen LogP contribution < -0.4 is 16.0 Å². The van der Waals surface area contributed by atoms with E-state index < -0.39 is 11.3 Å². The lowest BCUT2D eigenvalue weighted by Gasteiger charge is -2.26. The molecule has 7 nitrogen and oxygen atoms in total. The van der Waals surface area contributed by atoms with Gasteiger partial charge in [0.25, 0.3) is 5.91 Å². The van der Waals surface area contributed by atoms with E-state index in [0.29, 0.717) is 30.9 Å². The fraction of sp³-hybridized carbons (Fsp3) is 0.250. The summed E-state index contributed by atoms with van der Waals surface area (Å²) >= 11 is 3.01. The largest absolute Gasteiger partial charge is 0.395 e. The topological polar surface area (TPSA) is 109 Å². The number of aromatic nitrogens is 1. The summed E-state index contributed by atoms with van der Waals surface area (Å²) < 4.78 is 0. The lowest BCUT2D eigenvalue weighted by Crippen LogP contribution is -2.42. The van der Waals surface area contributed by atoms with Crippen LogP contribution in [0.2, 0.25) is 0 Å². The molecule has 1 unspecified atom stereocenters. The van der Waals surface area contributed by atoms with Gasteiger partial charge in [0.15, 0.2) is 0 Å². The van der Waals surface area contributed by atoms with Gasteiger partial charge in [-0.25, -0.2) is 4.98 Å². The highest BCUT2D eigenvalue weighted by Gasteiger charge is 2.43. The molecule has 29 heavy (non-hydrogen) atoms. The Morgan fingerprint density at radius 1 is 1.24 bits per heavy atom. The van der Waals surface area contributed by atoms with Crippen molar-refractivity contribution in [1.29, 1.82) is 0 Å². The smallest absolute Gasteiger partial charge is 0.275 e. The number of carbonyl (C=O) groups is 2. The number of aliphatic hydroxyl groups is 1. The van der Waals surface area contributed by atoms with Crippen LogP contribution >= 0.6 is 22.7 Å². The first-order valence-electron chi connectivity index (χ1n) is 9.08. The van der Waals surface area contributed by atoms with Crippen LogP contribution in [0.4, 0.5) is 11.4 Å². The number of benzene rings is 1. The Morgan fingerprint density at radius 3 is 2.76 bits per heavy atom. The van der Waals surface area contributed by atoms with Crippen LogP contribution in [-0.2, 0) is 4.79 Å². The fourth-order valence-electron chi connectivity index (χ4n) is 3.42. The van der Waals surface area contributed by atoms with Crippen LogP contribution in [0.1, 0.15) is 16.9 Å². The summed E-state index contributed by atoms with van der Waals surface area (Å²) in [4.78, 5) is 32.0. The number of aliphatic hydroxyl groups excluding tert-OH is 1. The normalized spacial score (nSPS) is 18.7. The molecular formula is C20H20N4O3S2. The fourth-order valence-corrected chi connectivity index (χ4v) is 5.03. The molecule has 4 rings (SSSR count). The number of hydrogen-bond acceptors (Lipinski definition) is 7. The monoisotopic (exact) mass is 428 g/mol. The zero-order chi connectivity index (χ0) is 20.4. The van der Waals surface area contributed by atoms with Crippen LogP contribution in [0.15, 0.2) is 47.2 Å². The van der Waals surface area contributed by atoms with E-state index in [4.69, 9.17) is 5.73 Å². The number of nitrogens with two attached hydrogens (primary N) is 1. The van der Waals surface area contributed by atoms with Crippen molar-refractivity contribution in [1.82, 2.24) is 4.98 Å². The van der Waals surface area contributed by atoms with Gasteiger partial charge in [0.05, 0.1) is 28.3 Å². The molecule has 0 aliphatic carbocycles. The summed E-state index contributed by atoms with van der Waals surface area (Å²) in [5.74, 6) is -0.799. The molecule has 0 bridgehead atoms. The predicted molar refractivity (Wildman–Crippen MR) is 115 cm³/mol. The number of thiazole rings is 1. The van der Waals surface area contributed by atoms with Crippen molar-refractivity contribution in [3.05, 3.63) is 52.9 Å². The molecule has 2 aromatic heterocycles. The zero-order valence-electron chi connectivity index (χ0n) is 15.5. The van der Waals surface area contributed by atoms with Crippen LogP contribution in [0.5, 0.6) is 0 Å². The van der Waals surface area contributed by atoms with Crippen LogP contribution in [0.3, 0.4) is 0 Å². The number of carbonyl (C=O) groups excluding carboxylic acids is 2. The number of primary amides is 1. The average Bonchev–Trinajstić information content (AvgIpc) is 3.48. The second-order valence-electron chi connectivity index (χ2n) is 6.96. The number of amides is 2. The summed E-state index contributed by atoms with van der Waals surface area (Å²) in [7, 11) is 0. The van der Waals surface area contributed by atoms with E-state index in [9.17, 15) is 14.7 Å². The molecule has 0 radical (unpaired) electrons. The third kappa shape index (κ3) is 3.76. The van der Waals surface area contributed by atoms with Crippen molar-refractivity contribution >= 4 is 45.9 Å². The maximum atomic E-state index is 12.8. The van der Waals surface area contributed by atoms with Gasteiger partial charge in [-0.1, -0.05) is 18.2 Å². The van der Waals surface area contributed by atoms with E-state index in [1.807, 2.05) is 46.7 Å². The van der Waals surface area contributed by atoms with Crippen molar-refractivity contribution < 1.29 is 14.7 Å². The number of thiophene rings is 1. The molecule has 1 saturated heterocycles. The maximum absolute atomic E-state index is 12.8. The molecule has 1 fully saturated rings. The number of para-hydroxylation sites is 2. The van der Waals surface area contributed by atoms with Gasteiger partial charge in [-0.15, -0.1) is 22.7 Å². The maximum Gasteiger partial charge on any atom is 0.275 e. The van der Waals surface area contributed by atoms with Crippen LogP contribution in [0.25, 0.3) is 9.88 Å². The van der Waals surface area contributed by atoms with E-state index >= 15 is 0 Å². The van der Waals surface area contributed by atoms with E-state index in [0.717, 1.165) is 15.6 Å². The summed E-state index contributed by atoms with van der Waals surface area (Å²) in [5, 5.41) is 17.1. The first kappa shape index (κ1) is 19.6. The average molecular weight is 429 g/mol. The van der Waals surface area contributed by atoms with E-state index in [2.05, 4.69) is 10.3 Å². The van der Waals surface area contributed by atoms with Gasteiger partial charge >= 0.3 is 0 Å². The molecule has 0 saturated carbocycles. The molecule has 3 aromatic rings. The number of nitrogens with one attached hydrogen (secondary N) is 1. The third-order valence-corrected chi connectivity index (χ3v) is 7.02. The second-order valence-corrected chi connectivity index (χ2v) is 8.77. The molecule has 2 amide bonds. The van der Waals surface area contributed by atoms with Gasteiger partial charge in [0.2, 0.25) is 5.91 Å². The van der Waals surface area contributed by atoms with Gasteiger partial charge in [-0.05, 0) is 30.0 Å².